The maximum absolute atomic E-state index is 13.5. The molecular weight excluding hydrogens is 456 g/mol. The summed E-state index contributed by atoms with van der Waals surface area (Å²) in [5, 5.41) is 12.1. The molecule has 1 aromatic heterocycles. The Kier molecular flexibility index (Phi) is 6.05. The van der Waals surface area contributed by atoms with E-state index in [1.807, 2.05) is 6.92 Å². The van der Waals surface area contributed by atoms with E-state index in [9.17, 15) is 23.1 Å². The summed E-state index contributed by atoms with van der Waals surface area (Å²) in [6.07, 6.45) is 1.28. The molecule has 0 bridgehead atoms. The molecule has 3 N–H and O–H groups in total. The predicted molar refractivity (Wildman–Crippen MR) is 128 cm³/mol. The summed E-state index contributed by atoms with van der Waals surface area (Å²) >= 11 is 0. The number of methoxy groups -OCH3 is 1. The first kappa shape index (κ1) is 23.3. The van der Waals surface area contributed by atoms with E-state index in [0.29, 0.717) is 39.5 Å². The fourth-order valence-electron chi connectivity index (χ4n) is 4.07. The summed E-state index contributed by atoms with van der Waals surface area (Å²) in [5.41, 5.74) is 3.55. The molecule has 2 aromatic carbocycles. The zero-order valence-electron chi connectivity index (χ0n) is 18.9. The van der Waals surface area contributed by atoms with Gasteiger partial charge in [-0.2, -0.15) is 0 Å². The summed E-state index contributed by atoms with van der Waals surface area (Å²) in [4.78, 5) is 27.3. The minimum absolute atomic E-state index is 0.0220. The van der Waals surface area contributed by atoms with Crippen LogP contribution in [0.5, 0.6) is 5.75 Å². The van der Waals surface area contributed by atoms with Crippen molar-refractivity contribution >= 4 is 39.1 Å². The van der Waals surface area contributed by atoms with Crippen molar-refractivity contribution in [3.05, 3.63) is 70.5 Å². The van der Waals surface area contributed by atoms with Gasteiger partial charge in [0.25, 0.3) is 5.91 Å². The van der Waals surface area contributed by atoms with Crippen LogP contribution in [0.3, 0.4) is 0 Å². The van der Waals surface area contributed by atoms with Crippen molar-refractivity contribution in [2.75, 3.05) is 12.4 Å². The molecule has 2 heterocycles. The number of amides is 1. The number of benzene rings is 2. The largest absolute Gasteiger partial charge is 0.497 e. The highest BCUT2D eigenvalue weighted by Gasteiger charge is 2.30. The Bertz CT molecular complexity index is 1430. The number of aromatic amines is 1. The lowest BCUT2D eigenvalue weighted by Crippen LogP contribution is -2.08. The zero-order valence-corrected chi connectivity index (χ0v) is 19.7. The first-order valence-electron chi connectivity index (χ1n) is 10.6. The molecule has 0 radical (unpaired) electrons. The van der Waals surface area contributed by atoms with Crippen LogP contribution in [0.25, 0.3) is 11.6 Å². The van der Waals surface area contributed by atoms with E-state index >= 15 is 0 Å². The lowest BCUT2D eigenvalue weighted by molar-refractivity contribution is -0.137. The van der Waals surface area contributed by atoms with Gasteiger partial charge in [-0.05, 0) is 62.2 Å². The molecule has 34 heavy (non-hydrogen) atoms. The number of fused-ring (bicyclic) bond motifs is 1. The SMILES string of the molecule is COc1ccc2c(c1)C(=Cc1[nH]c(C)c(S(=O)(=O)c3ccc(C)cc3)c1CCC(=O)O)C(=O)N2. The number of aromatic nitrogens is 1. The van der Waals surface area contributed by atoms with Crippen LogP contribution in [-0.4, -0.2) is 37.5 Å². The first-order valence-corrected chi connectivity index (χ1v) is 12.1. The lowest BCUT2D eigenvalue weighted by atomic mass is 10.0. The molecule has 0 saturated carbocycles. The summed E-state index contributed by atoms with van der Waals surface area (Å²) < 4.78 is 32.4. The molecule has 176 valence electrons. The lowest BCUT2D eigenvalue weighted by Gasteiger charge is -2.09. The number of carbonyl (C=O) groups excluding carboxylic acids is 1. The second-order valence-corrected chi connectivity index (χ2v) is 9.99. The Morgan fingerprint density at radius 3 is 2.47 bits per heavy atom. The van der Waals surface area contributed by atoms with E-state index in [1.54, 1.807) is 43.3 Å². The first-order chi connectivity index (χ1) is 16.1. The third-order valence-corrected chi connectivity index (χ3v) is 7.73. The topological polar surface area (TPSA) is 126 Å². The van der Waals surface area contributed by atoms with Crippen LogP contribution in [0, 0.1) is 13.8 Å². The van der Waals surface area contributed by atoms with E-state index in [1.165, 1.54) is 19.2 Å². The Labute approximate surface area is 197 Å². The van der Waals surface area contributed by atoms with Crippen molar-refractivity contribution in [2.45, 2.75) is 36.5 Å². The zero-order chi connectivity index (χ0) is 24.6. The number of carboxylic acid groups (broad SMARTS) is 1. The quantitative estimate of drug-likeness (QED) is 0.439. The second-order valence-electron chi connectivity index (χ2n) is 8.11. The van der Waals surface area contributed by atoms with Gasteiger partial charge in [-0.3, -0.25) is 9.59 Å². The molecule has 1 amide bonds. The van der Waals surface area contributed by atoms with Crippen molar-refractivity contribution in [3.63, 3.8) is 0 Å². The smallest absolute Gasteiger partial charge is 0.303 e. The second kappa shape index (κ2) is 8.83. The Morgan fingerprint density at radius 2 is 1.82 bits per heavy atom. The van der Waals surface area contributed by atoms with Gasteiger partial charge in [0.05, 0.1) is 22.5 Å². The third-order valence-electron chi connectivity index (χ3n) is 5.75. The number of carboxylic acids is 1. The standard InChI is InChI=1S/C25H24N2O6S/c1-14-4-7-17(8-5-14)34(31,32)24-15(2)26-22(18(24)9-11-23(28)29)13-20-19-12-16(33-3)6-10-21(19)27-25(20)30/h4-8,10,12-13,26H,9,11H2,1-3H3,(H,27,30)(H,28,29). The molecule has 0 unspecified atom stereocenters. The Morgan fingerprint density at radius 1 is 1.12 bits per heavy atom. The number of carbonyl (C=O) groups is 2. The van der Waals surface area contributed by atoms with Gasteiger partial charge in [-0.1, -0.05) is 17.7 Å². The number of sulfone groups is 1. The number of H-pyrrole nitrogens is 1. The van der Waals surface area contributed by atoms with Crippen molar-refractivity contribution in [1.82, 2.24) is 4.98 Å². The number of rotatable bonds is 7. The van der Waals surface area contributed by atoms with Gasteiger partial charge in [0.15, 0.2) is 0 Å². The van der Waals surface area contributed by atoms with E-state index < -0.39 is 15.8 Å². The average molecular weight is 481 g/mol. The summed E-state index contributed by atoms with van der Waals surface area (Å²) in [7, 11) is -2.41. The van der Waals surface area contributed by atoms with Crippen molar-refractivity contribution in [1.29, 1.82) is 0 Å². The third kappa shape index (κ3) is 4.22. The maximum Gasteiger partial charge on any atom is 0.303 e. The molecule has 1 aliphatic rings. The molecule has 0 atom stereocenters. The van der Waals surface area contributed by atoms with Crippen LogP contribution in [0.15, 0.2) is 52.3 Å². The fraction of sp³-hybridized carbons (Fsp3) is 0.200. The fourth-order valence-corrected chi connectivity index (χ4v) is 5.79. The van der Waals surface area contributed by atoms with Gasteiger partial charge in [0.2, 0.25) is 9.84 Å². The number of anilines is 1. The minimum atomic E-state index is -3.94. The molecule has 9 heteroatoms. The molecule has 0 fully saturated rings. The van der Waals surface area contributed by atoms with Gasteiger partial charge in [-0.25, -0.2) is 8.42 Å². The van der Waals surface area contributed by atoms with Crippen LogP contribution in [0.1, 0.15) is 34.5 Å². The van der Waals surface area contributed by atoms with Crippen LogP contribution in [0.2, 0.25) is 0 Å². The van der Waals surface area contributed by atoms with Gasteiger partial charge < -0.3 is 20.1 Å². The summed E-state index contributed by atoms with van der Waals surface area (Å²) in [6.45, 7) is 3.49. The number of ether oxygens (including phenoxy) is 1. The summed E-state index contributed by atoms with van der Waals surface area (Å²) in [5.74, 6) is -0.829. The van der Waals surface area contributed by atoms with E-state index in [0.717, 1.165) is 5.56 Å². The number of nitrogens with one attached hydrogen (secondary N) is 2. The highest BCUT2D eigenvalue weighted by molar-refractivity contribution is 7.91. The van der Waals surface area contributed by atoms with E-state index in [-0.39, 0.29) is 28.5 Å². The molecule has 4 rings (SSSR count). The van der Waals surface area contributed by atoms with E-state index in [2.05, 4.69) is 10.3 Å². The van der Waals surface area contributed by atoms with Gasteiger partial charge in [-0.15, -0.1) is 0 Å². The molecule has 0 spiro atoms. The van der Waals surface area contributed by atoms with Gasteiger partial charge in [0.1, 0.15) is 5.75 Å². The highest BCUT2D eigenvalue weighted by atomic mass is 32.2. The molecule has 1 aliphatic heterocycles. The normalized spacial score (nSPS) is 14.2. The van der Waals surface area contributed by atoms with Gasteiger partial charge >= 0.3 is 5.97 Å². The Hall–Kier alpha value is -3.85. The highest BCUT2D eigenvalue weighted by Crippen LogP contribution is 2.38. The maximum atomic E-state index is 13.5. The molecule has 3 aromatic rings. The van der Waals surface area contributed by atoms with Gasteiger partial charge in [0, 0.05) is 29.1 Å². The molecule has 0 saturated heterocycles. The number of hydrogen-bond acceptors (Lipinski definition) is 5. The average Bonchev–Trinajstić information content (AvgIpc) is 3.28. The van der Waals surface area contributed by atoms with Crippen LogP contribution in [0.4, 0.5) is 5.69 Å². The Balaban J connectivity index is 1.89. The molecule has 8 nitrogen and oxygen atoms in total. The van der Waals surface area contributed by atoms with Crippen LogP contribution < -0.4 is 10.1 Å². The molecule has 0 aliphatic carbocycles. The van der Waals surface area contributed by atoms with Crippen LogP contribution >= 0.6 is 0 Å². The number of aliphatic carboxylic acids is 1. The monoisotopic (exact) mass is 480 g/mol. The van der Waals surface area contributed by atoms with Crippen molar-refractivity contribution in [2.24, 2.45) is 0 Å². The van der Waals surface area contributed by atoms with E-state index in [4.69, 9.17) is 4.74 Å². The molecular formula is C25H24N2O6S. The van der Waals surface area contributed by atoms with Crippen molar-refractivity contribution in [3.8, 4) is 5.75 Å². The predicted octanol–water partition coefficient (Wildman–Crippen LogP) is 3.98. The number of aryl methyl sites for hydroxylation is 2. The van der Waals surface area contributed by atoms with Crippen molar-refractivity contribution < 1.29 is 27.9 Å². The minimum Gasteiger partial charge on any atom is -0.497 e. The van der Waals surface area contributed by atoms with Crippen LogP contribution in [-0.2, 0) is 25.8 Å². The number of hydrogen-bond donors (Lipinski definition) is 3. The summed E-state index contributed by atoms with van der Waals surface area (Å²) in [6, 6.07) is 11.7.